The second-order valence-corrected chi connectivity index (χ2v) is 4.74. The highest BCUT2D eigenvalue weighted by atomic mass is 19.4. The van der Waals surface area contributed by atoms with E-state index in [-0.39, 0.29) is 22.4 Å². The van der Waals surface area contributed by atoms with E-state index in [0.29, 0.717) is 11.8 Å². The van der Waals surface area contributed by atoms with Gasteiger partial charge in [-0.2, -0.15) is 23.6 Å². The van der Waals surface area contributed by atoms with Gasteiger partial charge in [0, 0.05) is 29.4 Å². The van der Waals surface area contributed by atoms with E-state index >= 15 is 0 Å². The summed E-state index contributed by atoms with van der Waals surface area (Å²) in [5.41, 5.74) is -2.09. The number of H-pyrrole nitrogens is 1. The Kier molecular flexibility index (Phi) is 3.94. The molecule has 0 amide bonds. The molecule has 1 aromatic carbocycles. The molecule has 8 nitrogen and oxygen atoms in total. The number of aromatic nitrogens is 4. The predicted molar refractivity (Wildman–Crippen MR) is 78.9 cm³/mol. The normalized spacial score (nSPS) is 12.2. The van der Waals surface area contributed by atoms with Crippen molar-refractivity contribution >= 4 is 22.2 Å². The van der Waals surface area contributed by atoms with Crippen molar-refractivity contribution in [3.05, 3.63) is 52.3 Å². The van der Waals surface area contributed by atoms with Crippen LogP contribution in [0.25, 0.3) is 16.5 Å². The third-order valence-electron chi connectivity index (χ3n) is 3.14. The molecule has 11 heteroatoms. The number of nitrogens with one attached hydrogen (secondary N) is 2. The van der Waals surface area contributed by atoms with E-state index in [1.165, 1.54) is 18.3 Å². The van der Waals surface area contributed by atoms with Crippen LogP contribution >= 0.6 is 0 Å². The molecule has 0 aliphatic heterocycles. The monoisotopic (exact) mass is 348 g/mol. The van der Waals surface area contributed by atoms with Crippen LogP contribution in [-0.4, -0.2) is 20.6 Å². The summed E-state index contributed by atoms with van der Waals surface area (Å²) >= 11 is 0. The maximum Gasteiger partial charge on any atom is 0.417 e. The first-order valence-electron chi connectivity index (χ1n) is 6.64. The fraction of sp³-hybridized carbons (Fsp3) is 0.0714. The Bertz CT molecular complexity index is 1050. The van der Waals surface area contributed by atoms with Crippen LogP contribution in [0.5, 0.6) is 0 Å². The van der Waals surface area contributed by atoms with Crippen LogP contribution in [0.15, 0.2) is 39.7 Å². The number of hydrogen-bond donors (Lipinski definition) is 2. The van der Waals surface area contributed by atoms with Crippen LogP contribution in [0.2, 0.25) is 0 Å². The maximum atomic E-state index is 13.0. The molecule has 2 heterocycles. The van der Waals surface area contributed by atoms with Gasteiger partial charge in [-0.3, -0.25) is 0 Å². The molecule has 3 aromatic rings. The molecular formula is C14H7F3N6O2. The molecule has 3 rings (SSSR count). The topological polar surface area (TPSA) is 120 Å². The van der Waals surface area contributed by atoms with Crippen LogP contribution in [0, 0.1) is 11.3 Å². The number of hydrogen-bond acceptors (Lipinski definition) is 7. The Hall–Kier alpha value is -3.68. The molecule has 0 unspecified atom stereocenters. The minimum Gasteiger partial charge on any atom is -0.423 e. The summed E-state index contributed by atoms with van der Waals surface area (Å²) in [5.74, 6) is 0.0432. The van der Waals surface area contributed by atoms with Gasteiger partial charge in [0.2, 0.25) is 5.82 Å². The number of halogens is 3. The summed E-state index contributed by atoms with van der Waals surface area (Å²) in [6, 6.07) is 5.97. The molecule has 0 atom stereocenters. The molecule has 0 aliphatic rings. The zero-order valence-electron chi connectivity index (χ0n) is 12.1. The van der Waals surface area contributed by atoms with Gasteiger partial charge in [-0.15, -0.1) is 10.2 Å². The van der Waals surface area contributed by atoms with Gasteiger partial charge in [-0.1, -0.05) is 0 Å². The first kappa shape index (κ1) is 16.2. The minimum absolute atomic E-state index is 0.0411. The average Bonchev–Trinajstić information content (AvgIpc) is 3.08. The highest BCUT2D eigenvalue weighted by Crippen LogP contribution is 2.34. The smallest absolute Gasteiger partial charge is 0.417 e. The number of anilines is 1. The fourth-order valence-corrected chi connectivity index (χ4v) is 2.07. The summed E-state index contributed by atoms with van der Waals surface area (Å²) in [6.07, 6.45) is -3.44. The van der Waals surface area contributed by atoms with Crippen LogP contribution < -0.4 is 10.9 Å². The van der Waals surface area contributed by atoms with Gasteiger partial charge in [0.15, 0.2) is 0 Å². The number of alkyl halides is 3. The Balaban J connectivity index is 2.00. The third kappa shape index (κ3) is 3.32. The molecule has 0 saturated carbocycles. The van der Waals surface area contributed by atoms with Gasteiger partial charge in [-0.05, 0) is 17.3 Å². The van der Waals surface area contributed by atoms with Gasteiger partial charge < -0.3 is 9.73 Å². The lowest BCUT2D eigenvalue weighted by atomic mass is 10.1. The highest BCUT2D eigenvalue weighted by molar-refractivity contribution is 5.84. The van der Waals surface area contributed by atoms with E-state index in [1.807, 2.05) is 6.07 Å². The number of nitriles is 1. The molecule has 0 bridgehead atoms. The van der Waals surface area contributed by atoms with E-state index in [0.717, 1.165) is 6.07 Å². The van der Waals surface area contributed by atoms with Gasteiger partial charge in [0.25, 0.3) is 0 Å². The first-order chi connectivity index (χ1) is 11.9. The number of rotatable bonds is 3. The minimum atomic E-state index is -4.68. The molecule has 25 heavy (non-hydrogen) atoms. The Morgan fingerprint density at radius 2 is 2.16 bits per heavy atom. The van der Waals surface area contributed by atoms with Crippen molar-refractivity contribution in [3.8, 4) is 6.07 Å². The number of tetrazole rings is 1. The van der Waals surface area contributed by atoms with Crippen LogP contribution in [-0.2, 0) is 6.18 Å². The standard InChI is InChI=1S/C14H7F3N6O2/c15-14(16,17)10-4-12(24)25-11-3-8(1-2-9(10)11)19-6-7(5-18)13-20-22-23-21-13/h1-4,6,19H,(H,20,21,22,23). The summed E-state index contributed by atoms with van der Waals surface area (Å²) in [5, 5.41) is 24.3. The Labute approximate surface area is 136 Å². The quantitative estimate of drug-likeness (QED) is 0.550. The number of allylic oxidation sites excluding steroid dienone is 1. The van der Waals surface area contributed by atoms with Crippen molar-refractivity contribution in [2.75, 3.05) is 5.32 Å². The van der Waals surface area contributed by atoms with E-state index < -0.39 is 17.4 Å². The van der Waals surface area contributed by atoms with Crippen LogP contribution in [0.3, 0.4) is 0 Å². The summed E-state index contributed by atoms with van der Waals surface area (Å²) in [4.78, 5) is 11.4. The average molecular weight is 348 g/mol. The van der Waals surface area contributed by atoms with Crippen molar-refractivity contribution in [2.24, 2.45) is 0 Å². The van der Waals surface area contributed by atoms with E-state index in [9.17, 15) is 18.0 Å². The molecule has 2 aromatic heterocycles. The van der Waals surface area contributed by atoms with Crippen molar-refractivity contribution in [1.29, 1.82) is 5.26 Å². The molecule has 2 N–H and O–H groups in total. The van der Waals surface area contributed by atoms with Crippen molar-refractivity contribution < 1.29 is 17.6 Å². The van der Waals surface area contributed by atoms with E-state index in [1.54, 1.807) is 0 Å². The molecule has 0 spiro atoms. The second-order valence-electron chi connectivity index (χ2n) is 4.74. The molecule has 0 fully saturated rings. The van der Waals surface area contributed by atoms with E-state index in [2.05, 4.69) is 25.9 Å². The molecule has 126 valence electrons. The van der Waals surface area contributed by atoms with Gasteiger partial charge in [0.1, 0.15) is 17.2 Å². The fourth-order valence-electron chi connectivity index (χ4n) is 2.07. The maximum absolute atomic E-state index is 13.0. The van der Waals surface area contributed by atoms with Gasteiger partial charge in [0.05, 0.1) is 5.56 Å². The van der Waals surface area contributed by atoms with Crippen LogP contribution in [0.4, 0.5) is 18.9 Å². The lowest BCUT2D eigenvalue weighted by Crippen LogP contribution is -2.11. The SMILES string of the molecule is N#CC(=CNc1ccc2c(C(F)(F)F)cc(=O)oc2c1)c1nn[nH]n1. The molecule has 0 saturated heterocycles. The lowest BCUT2D eigenvalue weighted by Gasteiger charge is -2.10. The first-order valence-corrected chi connectivity index (χ1v) is 6.64. The molecule has 0 radical (unpaired) electrons. The largest absolute Gasteiger partial charge is 0.423 e. The number of nitrogens with zero attached hydrogens (tertiary/aromatic N) is 4. The summed E-state index contributed by atoms with van der Waals surface area (Å²) in [6.45, 7) is 0. The second kappa shape index (κ2) is 6.08. The zero-order chi connectivity index (χ0) is 18.0. The summed E-state index contributed by atoms with van der Waals surface area (Å²) < 4.78 is 43.8. The molecule has 0 aliphatic carbocycles. The van der Waals surface area contributed by atoms with Crippen molar-refractivity contribution in [2.45, 2.75) is 6.18 Å². The lowest BCUT2D eigenvalue weighted by molar-refractivity contribution is -0.136. The Morgan fingerprint density at radius 1 is 1.36 bits per heavy atom. The highest BCUT2D eigenvalue weighted by Gasteiger charge is 2.33. The number of aromatic amines is 1. The van der Waals surface area contributed by atoms with Crippen molar-refractivity contribution in [1.82, 2.24) is 20.6 Å². The van der Waals surface area contributed by atoms with Crippen LogP contribution in [0.1, 0.15) is 11.4 Å². The van der Waals surface area contributed by atoms with E-state index in [4.69, 9.17) is 9.68 Å². The Morgan fingerprint density at radius 3 is 2.80 bits per heavy atom. The zero-order valence-corrected chi connectivity index (χ0v) is 12.1. The third-order valence-corrected chi connectivity index (χ3v) is 3.14. The van der Waals surface area contributed by atoms with Gasteiger partial charge in [-0.25, -0.2) is 4.79 Å². The summed E-state index contributed by atoms with van der Waals surface area (Å²) in [7, 11) is 0. The molecular weight excluding hydrogens is 341 g/mol. The van der Waals surface area contributed by atoms with Gasteiger partial charge >= 0.3 is 11.8 Å². The number of fused-ring (bicyclic) bond motifs is 1. The predicted octanol–water partition coefficient (Wildman–Crippen LogP) is 2.30. The number of benzene rings is 1. The van der Waals surface area contributed by atoms with Crippen molar-refractivity contribution in [3.63, 3.8) is 0 Å².